The molecule has 94 valence electrons. The van der Waals surface area contributed by atoms with Crippen LogP contribution in [0.3, 0.4) is 0 Å². The summed E-state index contributed by atoms with van der Waals surface area (Å²) in [4.78, 5) is 0. The van der Waals surface area contributed by atoms with Crippen LogP contribution >= 0.6 is 15.9 Å². The Labute approximate surface area is 112 Å². The van der Waals surface area contributed by atoms with Crippen molar-refractivity contribution in [3.8, 4) is 0 Å². The van der Waals surface area contributed by atoms with Gasteiger partial charge in [-0.1, -0.05) is 36.2 Å². The summed E-state index contributed by atoms with van der Waals surface area (Å²) in [5.74, 6) is 0. The third-order valence-electron chi connectivity index (χ3n) is 3.58. The number of hydrogen-bond donors (Lipinski definition) is 2. The number of anilines is 2. The third kappa shape index (κ3) is 3.38. The molecule has 0 amide bonds. The second-order valence-corrected chi connectivity index (χ2v) is 6.75. The van der Waals surface area contributed by atoms with Crippen molar-refractivity contribution in [3.63, 3.8) is 0 Å². The molecule has 1 aliphatic rings. The average molecular weight is 297 g/mol. The lowest BCUT2D eigenvalue weighted by atomic mass is 9.75. The van der Waals surface area contributed by atoms with E-state index in [0.717, 1.165) is 15.8 Å². The molecule has 3 N–H and O–H groups in total. The Morgan fingerprint density at radius 3 is 2.88 bits per heavy atom. The lowest BCUT2D eigenvalue weighted by Gasteiger charge is -2.36. The first-order valence-electron chi connectivity index (χ1n) is 6.28. The van der Waals surface area contributed by atoms with Gasteiger partial charge in [-0.2, -0.15) is 0 Å². The standard InChI is InChI=1S/C14H21BrN2/c1-14(2)7-3-4-11(9-14)17-13-8-10(15)5-6-12(13)16/h5-6,8,11,17H,3-4,7,9,16H2,1-2H3. The molecule has 0 aromatic heterocycles. The van der Waals surface area contributed by atoms with Gasteiger partial charge in [0.1, 0.15) is 0 Å². The van der Waals surface area contributed by atoms with Gasteiger partial charge in [0.25, 0.3) is 0 Å². The zero-order valence-electron chi connectivity index (χ0n) is 10.6. The smallest absolute Gasteiger partial charge is 0.0587 e. The Hall–Kier alpha value is -0.700. The summed E-state index contributed by atoms with van der Waals surface area (Å²) < 4.78 is 1.07. The van der Waals surface area contributed by atoms with Crippen LogP contribution in [0.25, 0.3) is 0 Å². The van der Waals surface area contributed by atoms with E-state index in [1.165, 1.54) is 25.7 Å². The lowest BCUT2D eigenvalue weighted by molar-refractivity contribution is 0.229. The highest BCUT2D eigenvalue weighted by Gasteiger charge is 2.27. The summed E-state index contributed by atoms with van der Waals surface area (Å²) in [5.41, 5.74) is 8.33. The molecule has 1 unspecified atom stereocenters. The van der Waals surface area contributed by atoms with Crippen molar-refractivity contribution in [1.82, 2.24) is 0 Å². The minimum Gasteiger partial charge on any atom is -0.397 e. The van der Waals surface area contributed by atoms with Crippen LogP contribution in [0.2, 0.25) is 0 Å². The first kappa shape index (κ1) is 12.7. The van der Waals surface area contributed by atoms with Gasteiger partial charge in [0.2, 0.25) is 0 Å². The average Bonchev–Trinajstić information content (AvgIpc) is 2.22. The highest BCUT2D eigenvalue weighted by molar-refractivity contribution is 9.10. The van der Waals surface area contributed by atoms with E-state index in [0.29, 0.717) is 11.5 Å². The van der Waals surface area contributed by atoms with Gasteiger partial charge in [0.05, 0.1) is 11.4 Å². The molecule has 0 saturated heterocycles. The number of rotatable bonds is 2. The van der Waals surface area contributed by atoms with Crippen LogP contribution in [0.5, 0.6) is 0 Å². The molecular formula is C14H21BrN2. The van der Waals surface area contributed by atoms with Crippen LogP contribution in [-0.2, 0) is 0 Å². The fraction of sp³-hybridized carbons (Fsp3) is 0.571. The maximum Gasteiger partial charge on any atom is 0.0587 e. The Balaban J connectivity index is 2.07. The molecule has 0 heterocycles. The zero-order chi connectivity index (χ0) is 12.5. The fourth-order valence-electron chi connectivity index (χ4n) is 2.69. The van der Waals surface area contributed by atoms with Crippen LogP contribution < -0.4 is 11.1 Å². The van der Waals surface area contributed by atoms with Gasteiger partial charge < -0.3 is 11.1 Å². The molecule has 0 aliphatic heterocycles. The van der Waals surface area contributed by atoms with Gasteiger partial charge in [-0.15, -0.1) is 0 Å². The monoisotopic (exact) mass is 296 g/mol. The molecule has 1 aliphatic carbocycles. The van der Waals surface area contributed by atoms with E-state index in [1.807, 2.05) is 12.1 Å². The minimum atomic E-state index is 0.455. The molecular weight excluding hydrogens is 276 g/mol. The molecule has 17 heavy (non-hydrogen) atoms. The molecule has 1 aromatic rings. The number of benzene rings is 1. The van der Waals surface area contributed by atoms with Crippen LogP contribution in [0.1, 0.15) is 39.5 Å². The van der Waals surface area contributed by atoms with E-state index in [2.05, 4.69) is 41.2 Å². The first-order valence-corrected chi connectivity index (χ1v) is 7.07. The molecule has 0 radical (unpaired) electrons. The number of nitrogen functional groups attached to an aromatic ring is 1. The molecule has 0 spiro atoms. The van der Waals surface area contributed by atoms with Crippen molar-refractivity contribution in [3.05, 3.63) is 22.7 Å². The van der Waals surface area contributed by atoms with Crippen molar-refractivity contribution in [2.24, 2.45) is 5.41 Å². The van der Waals surface area contributed by atoms with Crippen molar-refractivity contribution in [2.45, 2.75) is 45.6 Å². The topological polar surface area (TPSA) is 38.0 Å². The molecule has 3 heteroatoms. The van der Waals surface area contributed by atoms with E-state index in [-0.39, 0.29) is 0 Å². The molecule has 0 bridgehead atoms. The summed E-state index contributed by atoms with van der Waals surface area (Å²) >= 11 is 3.49. The predicted octanol–water partition coefficient (Wildman–Crippen LogP) is 4.41. The largest absolute Gasteiger partial charge is 0.397 e. The molecule has 1 aromatic carbocycles. The molecule has 2 rings (SSSR count). The van der Waals surface area contributed by atoms with Crippen LogP contribution in [0.15, 0.2) is 22.7 Å². The summed E-state index contributed by atoms with van der Waals surface area (Å²) in [7, 11) is 0. The molecule has 2 nitrogen and oxygen atoms in total. The fourth-order valence-corrected chi connectivity index (χ4v) is 3.06. The van der Waals surface area contributed by atoms with Gasteiger partial charge in [-0.05, 0) is 42.9 Å². The Morgan fingerprint density at radius 2 is 2.18 bits per heavy atom. The maximum atomic E-state index is 5.99. The van der Waals surface area contributed by atoms with Crippen LogP contribution in [0.4, 0.5) is 11.4 Å². The highest BCUT2D eigenvalue weighted by Crippen LogP contribution is 2.37. The quantitative estimate of drug-likeness (QED) is 0.793. The zero-order valence-corrected chi connectivity index (χ0v) is 12.2. The van der Waals surface area contributed by atoms with Crippen LogP contribution in [0, 0.1) is 5.41 Å². The first-order chi connectivity index (χ1) is 7.96. The summed E-state index contributed by atoms with van der Waals surface area (Å²) in [5, 5.41) is 3.59. The van der Waals surface area contributed by atoms with Crippen molar-refractivity contribution >= 4 is 27.3 Å². The summed E-state index contributed by atoms with van der Waals surface area (Å²) in [6.45, 7) is 4.70. The van der Waals surface area contributed by atoms with Crippen molar-refractivity contribution in [1.29, 1.82) is 0 Å². The van der Waals surface area contributed by atoms with Crippen molar-refractivity contribution in [2.75, 3.05) is 11.1 Å². The van der Waals surface area contributed by atoms with Gasteiger partial charge in [-0.25, -0.2) is 0 Å². The van der Waals surface area contributed by atoms with E-state index in [4.69, 9.17) is 5.73 Å². The molecule has 1 fully saturated rings. The van der Waals surface area contributed by atoms with Gasteiger partial charge in [0.15, 0.2) is 0 Å². The maximum absolute atomic E-state index is 5.99. The lowest BCUT2D eigenvalue weighted by Crippen LogP contribution is -2.31. The number of halogens is 1. The SMILES string of the molecule is CC1(C)CCCC(Nc2cc(Br)ccc2N)C1. The third-order valence-corrected chi connectivity index (χ3v) is 4.07. The minimum absolute atomic E-state index is 0.455. The second-order valence-electron chi connectivity index (χ2n) is 5.83. The molecule has 1 saturated carbocycles. The second kappa shape index (κ2) is 4.89. The van der Waals surface area contributed by atoms with Crippen molar-refractivity contribution < 1.29 is 0 Å². The molecule has 1 atom stereocenters. The predicted molar refractivity (Wildman–Crippen MR) is 78.2 cm³/mol. The van der Waals surface area contributed by atoms with E-state index in [9.17, 15) is 0 Å². The Morgan fingerprint density at radius 1 is 1.41 bits per heavy atom. The number of nitrogens with one attached hydrogen (secondary N) is 1. The highest BCUT2D eigenvalue weighted by atomic mass is 79.9. The van der Waals surface area contributed by atoms with Gasteiger partial charge in [-0.3, -0.25) is 0 Å². The van der Waals surface area contributed by atoms with E-state index in [1.54, 1.807) is 0 Å². The van der Waals surface area contributed by atoms with E-state index < -0.39 is 0 Å². The summed E-state index contributed by atoms with van der Waals surface area (Å²) in [6, 6.07) is 6.54. The number of nitrogens with two attached hydrogens (primary N) is 1. The Bertz CT molecular complexity index is 401. The van der Waals surface area contributed by atoms with E-state index >= 15 is 0 Å². The number of hydrogen-bond acceptors (Lipinski definition) is 2. The van der Waals surface area contributed by atoms with Gasteiger partial charge in [0, 0.05) is 10.5 Å². The Kier molecular flexibility index (Phi) is 3.67. The summed E-state index contributed by atoms with van der Waals surface area (Å²) in [6.07, 6.45) is 5.10. The van der Waals surface area contributed by atoms with Crippen LogP contribution in [-0.4, -0.2) is 6.04 Å². The normalized spacial score (nSPS) is 23.4. The van der Waals surface area contributed by atoms with Gasteiger partial charge >= 0.3 is 0 Å².